The molecule has 1 N–H and O–H groups in total. The molecule has 6 nitrogen and oxygen atoms in total. The van der Waals surface area contributed by atoms with Gasteiger partial charge < -0.3 is 19.0 Å². The molecule has 0 aliphatic heterocycles. The van der Waals surface area contributed by atoms with Gasteiger partial charge in [0.2, 0.25) is 0 Å². The number of aromatic nitrogens is 2. The molecule has 0 aliphatic carbocycles. The van der Waals surface area contributed by atoms with Crippen LogP contribution in [0.3, 0.4) is 0 Å². The number of aryl methyl sites for hydroxylation is 2. The fraction of sp³-hybridized carbons (Fsp3) is 0.531. The van der Waals surface area contributed by atoms with Gasteiger partial charge in [-0.05, 0) is 74.5 Å². The Bertz CT molecular complexity index is 1180. The summed E-state index contributed by atoms with van der Waals surface area (Å²) in [5.74, 6) is 1.74. The summed E-state index contributed by atoms with van der Waals surface area (Å²) in [4.78, 5) is 0. The number of methoxy groups -OCH3 is 2. The second kappa shape index (κ2) is 13.2. The largest absolute Gasteiger partial charge is 0.496 e. The molecule has 0 radical (unpaired) electrons. The first kappa shape index (κ1) is 30.9. The van der Waals surface area contributed by atoms with Gasteiger partial charge in [0.1, 0.15) is 11.5 Å². The van der Waals surface area contributed by atoms with E-state index in [-0.39, 0.29) is 23.7 Å². The van der Waals surface area contributed by atoms with E-state index in [1.165, 1.54) is 5.56 Å². The molecule has 1 aromatic heterocycles. The summed E-state index contributed by atoms with van der Waals surface area (Å²) >= 11 is 0. The van der Waals surface area contributed by atoms with Crippen molar-refractivity contribution in [3.8, 4) is 11.5 Å². The molecule has 3 aromatic rings. The minimum atomic E-state index is -2.17. The van der Waals surface area contributed by atoms with Crippen molar-refractivity contribution < 1.29 is 19.0 Å². The summed E-state index contributed by atoms with van der Waals surface area (Å²) < 4.78 is 20.8. The highest BCUT2D eigenvalue weighted by Gasteiger charge is 2.41. The molecule has 0 bridgehead atoms. The summed E-state index contributed by atoms with van der Waals surface area (Å²) in [5.41, 5.74) is 5.11. The van der Waals surface area contributed by atoms with E-state index >= 15 is 0 Å². The minimum Gasteiger partial charge on any atom is -0.496 e. The van der Waals surface area contributed by atoms with Crippen LogP contribution in [0.2, 0.25) is 18.1 Å². The van der Waals surface area contributed by atoms with Crippen LogP contribution in [-0.2, 0) is 24.0 Å². The van der Waals surface area contributed by atoms with Gasteiger partial charge in [0.15, 0.2) is 8.32 Å². The second-order valence-electron chi connectivity index (χ2n) is 12.1. The van der Waals surface area contributed by atoms with Crippen LogP contribution < -0.4 is 9.47 Å². The van der Waals surface area contributed by atoms with E-state index < -0.39 is 8.32 Å². The molecule has 3 rings (SSSR count). The van der Waals surface area contributed by atoms with Gasteiger partial charge in [-0.15, -0.1) is 0 Å². The molecule has 0 fully saturated rings. The van der Waals surface area contributed by atoms with Crippen molar-refractivity contribution in [1.29, 1.82) is 0 Å². The van der Waals surface area contributed by atoms with Gasteiger partial charge in [0.25, 0.3) is 0 Å². The minimum absolute atomic E-state index is 0.0131. The van der Waals surface area contributed by atoms with Gasteiger partial charge >= 0.3 is 0 Å². The molecule has 0 aliphatic rings. The lowest BCUT2D eigenvalue weighted by Gasteiger charge is -2.42. The van der Waals surface area contributed by atoms with Crippen LogP contribution in [0.1, 0.15) is 67.7 Å². The Morgan fingerprint density at radius 1 is 1.00 bits per heavy atom. The normalized spacial score (nSPS) is 13.8. The first-order valence-corrected chi connectivity index (χ1v) is 16.9. The SMILES string of the molecule is COc1cc(C(O[Si](C)(C)C(C)(C)C)[C@H](CCCc2ccccc2)Cn2cc(CO)c(C)n2)cc(OC)c1C. The maximum Gasteiger partial charge on any atom is 0.192 e. The van der Waals surface area contributed by atoms with Crippen molar-refractivity contribution in [3.63, 3.8) is 0 Å². The third-order valence-electron chi connectivity index (χ3n) is 8.28. The first-order chi connectivity index (χ1) is 18.4. The van der Waals surface area contributed by atoms with Gasteiger partial charge in [-0.25, -0.2) is 0 Å². The first-order valence-electron chi connectivity index (χ1n) is 14.0. The third-order valence-corrected chi connectivity index (χ3v) is 12.7. The highest BCUT2D eigenvalue weighted by molar-refractivity contribution is 6.74. The van der Waals surface area contributed by atoms with E-state index in [2.05, 4.69) is 76.3 Å². The lowest BCUT2D eigenvalue weighted by atomic mass is 9.89. The number of benzene rings is 2. The van der Waals surface area contributed by atoms with E-state index in [4.69, 9.17) is 19.0 Å². The zero-order valence-electron chi connectivity index (χ0n) is 25.4. The highest BCUT2D eigenvalue weighted by Crippen LogP contribution is 2.45. The molecule has 0 saturated carbocycles. The van der Waals surface area contributed by atoms with E-state index in [0.717, 1.165) is 53.1 Å². The second-order valence-corrected chi connectivity index (χ2v) is 16.9. The quantitative estimate of drug-likeness (QED) is 0.224. The Morgan fingerprint density at radius 3 is 2.13 bits per heavy atom. The van der Waals surface area contributed by atoms with Crippen LogP contribution in [0.15, 0.2) is 48.7 Å². The molecule has 0 spiro atoms. The van der Waals surface area contributed by atoms with E-state index in [0.29, 0.717) is 6.54 Å². The zero-order chi connectivity index (χ0) is 28.8. The Kier molecular flexibility index (Phi) is 10.4. The number of rotatable bonds is 13. The smallest absolute Gasteiger partial charge is 0.192 e. The topological polar surface area (TPSA) is 65.7 Å². The number of hydrogen-bond acceptors (Lipinski definition) is 5. The monoisotopic (exact) mass is 552 g/mol. The summed E-state index contributed by atoms with van der Waals surface area (Å²) in [5, 5.41) is 14.6. The Hall–Kier alpha value is -2.61. The summed E-state index contributed by atoms with van der Waals surface area (Å²) in [6, 6.07) is 14.9. The van der Waals surface area contributed by atoms with Crippen LogP contribution in [0, 0.1) is 19.8 Å². The molecule has 0 amide bonds. The molecule has 39 heavy (non-hydrogen) atoms. The fourth-order valence-corrected chi connectivity index (χ4v) is 6.12. The molecule has 214 valence electrons. The van der Waals surface area contributed by atoms with Gasteiger partial charge in [-0.2, -0.15) is 5.10 Å². The molecule has 2 atom stereocenters. The lowest BCUT2D eigenvalue weighted by Crippen LogP contribution is -2.43. The van der Waals surface area contributed by atoms with Crippen molar-refractivity contribution in [2.24, 2.45) is 5.92 Å². The van der Waals surface area contributed by atoms with Crippen LogP contribution in [0.4, 0.5) is 0 Å². The van der Waals surface area contributed by atoms with Crippen molar-refractivity contribution >= 4 is 8.32 Å². The van der Waals surface area contributed by atoms with E-state index in [9.17, 15) is 5.11 Å². The van der Waals surface area contributed by atoms with Crippen LogP contribution in [-0.4, -0.2) is 37.4 Å². The van der Waals surface area contributed by atoms with Crippen molar-refractivity contribution in [3.05, 3.63) is 76.6 Å². The van der Waals surface area contributed by atoms with Gasteiger partial charge in [-0.3, -0.25) is 4.68 Å². The number of aliphatic hydroxyl groups excluding tert-OH is 1. The van der Waals surface area contributed by atoms with E-state index in [1.807, 2.05) is 24.7 Å². The maximum absolute atomic E-state index is 9.80. The molecule has 2 aromatic carbocycles. The molecule has 1 unspecified atom stereocenters. The van der Waals surface area contributed by atoms with Crippen LogP contribution in [0.5, 0.6) is 11.5 Å². The van der Waals surface area contributed by atoms with Gasteiger partial charge in [0.05, 0.1) is 32.6 Å². The number of nitrogens with zero attached hydrogens (tertiary/aromatic N) is 2. The Labute approximate surface area is 236 Å². The summed E-state index contributed by atoms with van der Waals surface area (Å²) in [7, 11) is 1.24. The summed E-state index contributed by atoms with van der Waals surface area (Å²) in [6.45, 7) is 16.1. The average molecular weight is 553 g/mol. The number of aliphatic hydroxyl groups is 1. The predicted molar refractivity (Wildman–Crippen MR) is 161 cm³/mol. The van der Waals surface area contributed by atoms with E-state index in [1.54, 1.807) is 14.2 Å². The summed E-state index contributed by atoms with van der Waals surface area (Å²) in [6.07, 6.45) is 4.79. The number of hydrogen-bond donors (Lipinski definition) is 1. The predicted octanol–water partition coefficient (Wildman–Crippen LogP) is 7.41. The van der Waals surface area contributed by atoms with Crippen molar-refractivity contribution in [2.75, 3.05) is 14.2 Å². The fourth-order valence-electron chi connectivity index (χ4n) is 4.80. The number of ether oxygens (including phenoxy) is 2. The van der Waals surface area contributed by atoms with Gasteiger partial charge in [-0.1, -0.05) is 51.1 Å². The highest BCUT2D eigenvalue weighted by atomic mass is 28.4. The third kappa shape index (κ3) is 7.74. The van der Waals surface area contributed by atoms with Gasteiger partial charge in [0, 0.05) is 29.8 Å². The van der Waals surface area contributed by atoms with Crippen LogP contribution in [0.25, 0.3) is 0 Å². The Morgan fingerprint density at radius 2 is 1.62 bits per heavy atom. The molecule has 7 heteroatoms. The maximum atomic E-state index is 9.80. The lowest BCUT2D eigenvalue weighted by molar-refractivity contribution is 0.0969. The molecule has 0 saturated heterocycles. The van der Waals surface area contributed by atoms with Crippen LogP contribution >= 0.6 is 0 Å². The molecule has 1 heterocycles. The van der Waals surface area contributed by atoms with Crippen molar-refractivity contribution in [1.82, 2.24) is 9.78 Å². The molecular weight excluding hydrogens is 504 g/mol. The van der Waals surface area contributed by atoms with Crippen molar-refractivity contribution in [2.45, 2.75) is 91.3 Å². The zero-order valence-corrected chi connectivity index (χ0v) is 26.4. The Balaban J connectivity index is 2.07. The standard InChI is InChI=1S/C32H48N2O4Si/c1-23-29(36-6)18-27(19-30(23)37-7)31(38-39(8,9)32(3,4)5)26(17-13-16-25-14-11-10-12-15-25)20-34-21-28(22-35)24(2)33-34/h10-12,14-15,18-19,21,26,31,35H,13,16-17,20,22H2,1-9H3/t26-,31?/m1/s1. The average Bonchev–Trinajstić information content (AvgIpc) is 3.25. The molecular formula is C32H48N2O4Si.